The van der Waals surface area contributed by atoms with E-state index in [1.54, 1.807) is 24.3 Å². The molecule has 0 radical (unpaired) electrons. The van der Waals surface area contributed by atoms with E-state index in [9.17, 15) is 13.1 Å². The Labute approximate surface area is 171 Å². The minimum Gasteiger partial charge on any atom is -0.366 e. The average Bonchev–Trinajstić information content (AvgIpc) is 2.73. The standard InChI is InChI=1S/C18H17IN6O3/c20-16(26)13-7-4-8-14(9-13)23-18-22-11-15(25(28)19-27)17(24-18)21-10-12-5-2-1-3-6-12/h1-9,11,28H,10H2,(H2,20,26)(H2,21,22,23,24). The maximum atomic E-state index is 11.3. The number of hydrogen-bond donors (Lipinski definition) is 4. The van der Waals surface area contributed by atoms with Crippen molar-refractivity contribution in [2.45, 2.75) is 6.54 Å². The van der Waals surface area contributed by atoms with Crippen molar-refractivity contribution in [2.75, 3.05) is 13.9 Å². The van der Waals surface area contributed by atoms with Gasteiger partial charge in [-0.05, 0) is 23.8 Å². The Morgan fingerprint density at radius 3 is 2.68 bits per heavy atom. The fourth-order valence-corrected chi connectivity index (χ4v) is 2.96. The Balaban J connectivity index is 1.85. The second-order valence-electron chi connectivity index (χ2n) is 5.67. The summed E-state index contributed by atoms with van der Waals surface area (Å²) in [5.41, 5.74) is 7.44. The number of carbonyl (C=O) groups excluding carboxylic acids is 1. The smallest absolute Gasteiger partial charge is 0.300 e. The van der Waals surface area contributed by atoms with Gasteiger partial charge in [0.25, 0.3) is 21.5 Å². The molecule has 1 aromatic heterocycles. The Kier molecular flexibility index (Phi) is 6.45. The second-order valence-corrected chi connectivity index (χ2v) is 6.97. The third-order valence-electron chi connectivity index (χ3n) is 3.74. The van der Waals surface area contributed by atoms with Gasteiger partial charge in [0.2, 0.25) is 11.9 Å². The average molecular weight is 492 g/mol. The molecule has 0 saturated heterocycles. The molecule has 0 aliphatic heterocycles. The molecule has 10 heteroatoms. The molecule has 144 valence electrons. The first kappa shape index (κ1) is 19.6. The molecule has 1 amide bonds. The molecule has 0 bridgehead atoms. The molecule has 1 heterocycles. The molecular formula is C18H17IN6O3. The van der Waals surface area contributed by atoms with Gasteiger partial charge in [0.15, 0.2) is 5.82 Å². The molecule has 0 saturated carbocycles. The van der Waals surface area contributed by atoms with Crippen LogP contribution in [0.1, 0.15) is 15.9 Å². The van der Waals surface area contributed by atoms with Crippen LogP contribution < -0.4 is 19.6 Å². The normalized spacial score (nSPS) is 10.3. The SMILES string of the molecule is NC(=O)c1cccc(Nc2ncc(N(O)I=O)c(NCc3ccccc3)n2)c1. The lowest BCUT2D eigenvalue weighted by Gasteiger charge is -2.15. The first-order valence-electron chi connectivity index (χ1n) is 8.15. The van der Waals surface area contributed by atoms with Crippen molar-refractivity contribution >= 4 is 50.5 Å². The molecule has 0 spiro atoms. The minimum atomic E-state index is -1.84. The summed E-state index contributed by atoms with van der Waals surface area (Å²) in [4.78, 5) is 19.8. The fraction of sp³-hybridized carbons (Fsp3) is 0.0556. The Bertz CT molecular complexity index is 986. The van der Waals surface area contributed by atoms with Gasteiger partial charge in [-0.3, -0.25) is 10.0 Å². The van der Waals surface area contributed by atoms with E-state index in [4.69, 9.17) is 5.73 Å². The van der Waals surface area contributed by atoms with Crippen molar-refractivity contribution < 1.29 is 13.1 Å². The topological polar surface area (TPSA) is 133 Å². The van der Waals surface area contributed by atoms with Crippen molar-refractivity contribution in [1.82, 2.24) is 9.97 Å². The summed E-state index contributed by atoms with van der Waals surface area (Å²) in [5.74, 6) is 0.00400. The fourth-order valence-electron chi connectivity index (χ4n) is 2.40. The number of carbonyl (C=O) groups is 1. The maximum Gasteiger partial charge on any atom is 0.300 e. The van der Waals surface area contributed by atoms with Crippen LogP contribution in [0, 0.1) is 0 Å². The van der Waals surface area contributed by atoms with Crippen molar-refractivity contribution in [1.29, 1.82) is 0 Å². The third kappa shape index (κ3) is 4.98. The molecule has 5 N–H and O–H groups in total. The van der Waals surface area contributed by atoms with E-state index < -0.39 is 27.4 Å². The summed E-state index contributed by atoms with van der Waals surface area (Å²) < 4.78 is 11.8. The molecule has 28 heavy (non-hydrogen) atoms. The highest BCUT2D eigenvalue weighted by atomic mass is 127. The van der Waals surface area contributed by atoms with Crippen LogP contribution in [0.25, 0.3) is 0 Å². The van der Waals surface area contributed by atoms with Crippen molar-refractivity contribution in [3.63, 3.8) is 0 Å². The van der Waals surface area contributed by atoms with E-state index in [1.165, 1.54) is 6.20 Å². The Morgan fingerprint density at radius 2 is 1.96 bits per heavy atom. The van der Waals surface area contributed by atoms with E-state index in [0.717, 1.165) is 5.56 Å². The molecule has 2 aromatic carbocycles. The zero-order valence-corrected chi connectivity index (χ0v) is 16.7. The van der Waals surface area contributed by atoms with Crippen LogP contribution in [-0.2, 0) is 9.61 Å². The first-order valence-corrected chi connectivity index (χ1v) is 9.99. The summed E-state index contributed by atoms with van der Waals surface area (Å²) in [6.45, 7) is 0.451. The van der Waals surface area contributed by atoms with Gasteiger partial charge >= 0.3 is 0 Å². The number of aromatic nitrogens is 2. The molecule has 9 nitrogen and oxygen atoms in total. The lowest BCUT2D eigenvalue weighted by molar-refractivity contribution is 0.100. The van der Waals surface area contributed by atoms with Crippen molar-refractivity contribution in [3.05, 3.63) is 71.9 Å². The number of nitrogens with zero attached hydrogens (tertiary/aromatic N) is 3. The highest BCUT2D eigenvalue weighted by molar-refractivity contribution is 14.1. The van der Waals surface area contributed by atoms with E-state index in [2.05, 4.69) is 20.6 Å². The lowest BCUT2D eigenvalue weighted by atomic mass is 10.2. The molecule has 0 atom stereocenters. The molecule has 0 unspecified atom stereocenters. The number of benzene rings is 2. The molecular weight excluding hydrogens is 475 g/mol. The van der Waals surface area contributed by atoms with Gasteiger partial charge in [0, 0.05) is 17.8 Å². The Hall–Kier alpha value is -3.12. The molecule has 0 fully saturated rings. The van der Waals surface area contributed by atoms with Crippen LogP contribution in [0.5, 0.6) is 0 Å². The number of hydrogen-bond acceptors (Lipinski definition) is 7. The molecule has 0 aliphatic rings. The molecule has 3 rings (SSSR count). The summed E-state index contributed by atoms with van der Waals surface area (Å²) in [6, 6.07) is 16.2. The van der Waals surface area contributed by atoms with Gasteiger partial charge in [-0.25, -0.2) is 8.05 Å². The van der Waals surface area contributed by atoms with Gasteiger partial charge in [0.1, 0.15) is 5.69 Å². The summed E-state index contributed by atoms with van der Waals surface area (Å²) in [5, 5.41) is 16.0. The molecule has 3 aromatic rings. The third-order valence-corrected chi connectivity index (χ3v) is 4.63. The van der Waals surface area contributed by atoms with Crippen LogP contribution in [0.15, 0.2) is 60.8 Å². The number of halogens is 1. The van der Waals surface area contributed by atoms with Crippen molar-refractivity contribution in [3.8, 4) is 0 Å². The highest BCUT2D eigenvalue weighted by Crippen LogP contribution is 2.28. The Morgan fingerprint density at radius 1 is 1.18 bits per heavy atom. The number of primary amides is 1. The van der Waals surface area contributed by atoms with E-state index >= 15 is 0 Å². The van der Waals surface area contributed by atoms with Crippen LogP contribution in [0.2, 0.25) is 0 Å². The largest absolute Gasteiger partial charge is 0.366 e. The predicted molar refractivity (Wildman–Crippen MR) is 113 cm³/mol. The van der Waals surface area contributed by atoms with Gasteiger partial charge in [-0.15, -0.1) is 0 Å². The zero-order chi connectivity index (χ0) is 19.9. The number of nitrogens with two attached hydrogens (primary N) is 1. The van der Waals surface area contributed by atoms with Crippen LogP contribution >= 0.6 is 21.5 Å². The number of amides is 1. The van der Waals surface area contributed by atoms with Crippen LogP contribution in [0.4, 0.5) is 23.1 Å². The lowest BCUT2D eigenvalue weighted by Crippen LogP contribution is -2.12. The van der Waals surface area contributed by atoms with E-state index in [1.807, 2.05) is 30.3 Å². The number of rotatable bonds is 8. The highest BCUT2D eigenvalue weighted by Gasteiger charge is 2.14. The number of nitrogens with one attached hydrogen (secondary N) is 2. The quantitative estimate of drug-likeness (QED) is 0.214. The van der Waals surface area contributed by atoms with E-state index in [0.29, 0.717) is 26.9 Å². The van der Waals surface area contributed by atoms with Crippen LogP contribution in [0.3, 0.4) is 0 Å². The van der Waals surface area contributed by atoms with Crippen LogP contribution in [-0.4, -0.2) is 21.1 Å². The monoisotopic (exact) mass is 492 g/mol. The van der Waals surface area contributed by atoms with Gasteiger partial charge in [0.05, 0.1) is 6.20 Å². The summed E-state index contributed by atoms with van der Waals surface area (Å²) >= 11 is -1.84. The first-order chi connectivity index (χ1) is 13.6. The summed E-state index contributed by atoms with van der Waals surface area (Å²) in [6.07, 6.45) is 1.36. The molecule has 0 aliphatic carbocycles. The van der Waals surface area contributed by atoms with Crippen molar-refractivity contribution in [2.24, 2.45) is 5.73 Å². The minimum absolute atomic E-state index is 0.204. The van der Waals surface area contributed by atoms with Gasteiger partial charge < -0.3 is 16.4 Å². The van der Waals surface area contributed by atoms with E-state index in [-0.39, 0.29) is 11.6 Å². The maximum absolute atomic E-state index is 11.3. The predicted octanol–water partition coefficient (Wildman–Crippen LogP) is 3.36. The van der Waals surface area contributed by atoms with Gasteiger partial charge in [-0.1, -0.05) is 36.4 Å². The number of anilines is 4. The zero-order valence-electron chi connectivity index (χ0n) is 14.5. The second kappa shape index (κ2) is 9.19. The van der Waals surface area contributed by atoms with Gasteiger partial charge in [-0.2, -0.15) is 8.26 Å². The summed E-state index contributed by atoms with van der Waals surface area (Å²) in [7, 11) is 0.